The molecule has 0 aromatic carbocycles. The molecule has 9 heteroatoms. The van der Waals surface area contributed by atoms with Crippen LogP contribution in [0.15, 0.2) is 85.1 Å². The molecule has 9 nitrogen and oxygen atoms in total. The van der Waals surface area contributed by atoms with Crippen LogP contribution in [-0.2, 0) is 14.3 Å². The van der Waals surface area contributed by atoms with Gasteiger partial charge in [0.2, 0.25) is 5.91 Å². The minimum Gasteiger partial charge on any atom is -0.394 e. The summed E-state index contributed by atoms with van der Waals surface area (Å²) in [6.45, 7) is 3.76. The van der Waals surface area contributed by atoms with Gasteiger partial charge in [-0.15, -0.1) is 0 Å². The lowest BCUT2D eigenvalue weighted by atomic mass is 9.99. The number of carbonyl (C=O) groups excluding carboxylic acids is 1. The van der Waals surface area contributed by atoms with Crippen LogP contribution in [0.3, 0.4) is 0 Å². The number of hydrogen-bond acceptors (Lipinski definition) is 8. The van der Waals surface area contributed by atoms with E-state index in [-0.39, 0.29) is 12.5 Å². The summed E-state index contributed by atoms with van der Waals surface area (Å²) in [6, 6.07) is -0.724. The molecule has 7 unspecified atom stereocenters. The molecule has 0 saturated carbocycles. The molecular formula is C75H135NO8. The third-order valence-electron chi connectivity index (χ3n) is 16.8. The Hall–Kier alpha value is -2.63. The van der Waals surface area contributed by atoms with Gasteiger partial charge in [-0.25, -0.2) is 0 Å². The lowest BCUT2D eigenvalue weighted by Gasteiger charge is -2.40. The van der Waals surface area contributed by atoms with E-state index in [1.54, 1.807) is 0 Å². The standard InChI is InChI=1S/C75H135NO8/c1-3-5-7-9-11-13-15-17-19-21-23-25-27-29-30-31-32-33-34-35-36-37-38-39-40-41-43-45-47-49-51-53-55-57-59-61-63-65-71(79)76-68(67-83-75-74(82)73(81)72(80)70(66-77)84-75)69(78)64-62-60-58-56-54-52-50-48-46-44-42-28-26-24-22-20-18-16-14-12-10-8-6-4-2/h5,7,11,13,17,19,23,25,29-30,32-33,35-36,68-70,72-75,77-78,80-82H,3-4,6,8-10,12,14-16,18,20-22,24,26-28,31,34,37-67H2,1-2H3,(H,76,79)/b7-5-,13-11-,19-17-,25-23-,30-29-,33-32-,36-35-. The zero-order valence-corrected chi connectivity index (χ0v) is 54.6. The Bertz CT molecular complexity index is 1600. The van der Waals surface area contributed by atoms with Crippen molar-refractivity contribution >= 4 is 5.91 Å². The number of aliphatic hydroxyl groups is 5. The summed E-state index contributed by atoms with van der Waals surface area (Å²) in [4.78, 5) is 13.2. The first-order valence-corrected chi connectivity index (χ1v) is 35.8. The van der Waals surface area contributed by atoms with E-state index < -0.39 is 49.5 Å². The van der Waals surface area contributed by atoms with E-state index in [4.69, 9.17) is 9.47 Å². The summed E-state index contributed by atoms with van der Waals surface area (Å²) in [7, 11) is 0. The van der Waals surface area contributed by atoms with Crippen LogP contribution in [0.5, 0.6) is 0 Å². The van der Waals surface area contributed by atoms with Crippen LogP contribution in [-0.4, -0.2) is 87.5 Å². The largest absolute Gasteiger partial charge is 0.394 e. The molecule has 0 aliphatic carbocycles. The molecule has 1 rings (SSSR count). The molecule has 1 amide bonds. The Morgan fingerprint density at radius 2 is 0.738 bits per heavy atom. The summed E-state index contributed by atoms with van der Waals surface area (Å²) in [5.41, 5.74) is 0. The monoisotopic (exact) mass is 1180 g/mol. The average molecular weight is 1180 g/mol. The Morgan fingerprint density at radius 1 is 0.417 bits per heavy atom. The zero-order valence-electron chi connectivity index (χ0n) is 54.6. The first-order chi connectivity index (χ1) is 41.3. The number of ether oxygens (including phenoxy) is 2. The molecule has 6 N–H and O–H groups in total. The van der Waals surface area contributed by atoms with E-state index in [0.717, 1.165) is 83.5 Å². The van der Waals surface area contributed by atoms with Gasteiger partial charge < -0.3 is 40.3 Å². The fourth-order valence-corrected chi connectivity index (χ4v) is 11.2. The van der Waals surface area contributed by atoms with Crippen molar-refractivity contribution in [2.24, 2.45) is 0 Å². The summed E-state index contributed by atoms with van der Waals surface area (Å²) >= 11 is 0. The quantitative estimate of drug-likeness (QED) is 0.0261. The van der Waals surface area contributed by atoms with Gasteiger partial charge >= 0.3 is 0 Å². The number of amides is 1. The minimum atomic E-state index is -1.56. The highest BCUT2D eigenvalue weighted by molar-refractivity contribution is 5.76. The van der Waals surface area contributed by atoms with E-state index in [1.807, 2.05) is 0 Å². The second kappa shape index (κ2) is 63.4. The Kier molecular flexibility index (Phi) is 59.9. The third-order valence-corrected chi connectivity index (χ3v) is 16.8. The topological polar surface area (TPSA) is 149 Å². The fourth-order valence-electron chi connectivity index (χ4n) is 11.2. The maximum atomic E-state index is 13.2. The number of allylic oxidation sites excluding steroid dienone is 14. The van der Waals surface area contributed by atoms with Gasteiger partial charge in [-0.2, -0.15) is 0 Å². The van der Waals surface area contributed by atoms with Crippen LogP contribution in [0, 0.1) is 0 Å². The number of aliphatic hydroxyl groups excluding tert-OH is 5. The lowest BCUT2D eigenvalue weighted by molar-refractivity contribution is -0.302. The highest BCUT2D eigenvalue weighted by atomic mass is 16.7. The predicted octanol–water partition coefficient (Wildman–Crippen LogP) is 19.7. The Morgan fingerprint density at radius 3 is 1.10 bits per heavy atom. The van der Waals surface area contributed by atoms with Crippen molar-refractivity contribution in [2.75, 3.05) is 13.2 Å². The zero-order chi connectivity index (χ0) is 60.7. The van der Waals surface area contributed by atoms with Crippen LogP contribution in [0.2, 0.25) is 0 Å². The number of unbranched alkanes of at least 4 members (excludes halogenated alkanes) is 38. The van der Waals surface area contributed by atoms with Gasteiger partial charge in [-0.1, -0.05) is 336 Å². The highest BCUT2D eigenvalue weighted by Gasteiger charge is 2.44. The molecular weight excluding hydrogens is 1040 g/mol. The van der Waals surface area contributed by atoms with Gasteiger partial charge in [0.25, 0.3) is 0 Å². The van der Waals surface area contributed by atoms with E-state index in [0.29, 0.717) is 12.8 Å². The summed E-state index contributed by atoms with van der Waals surface area (Å²) in [5, 5.41) is 55.0. The van der Waals surface area contributed by atoms with E-state index >= 15 is 0 Å². The third kappa shape index (κ3) is 51.4. The summed E-state index contributed by atoms with van der Waals surface area (Å²) in [5.74, 6) is -0.142. The van der Waals surface area contributed by atoms with Crippen LogP contribution in [0.4, 0.5) is 0 Å². The van der Waals surface area contributed by atoms with Crippen LogP contribution in [0.1, 0.15) is 328 Å². The highest BCUT2D eigenvalue weighted by Crippen LogP contribution is 2.24. The van der Waals surface area contributed by atoms with Crippen molar-refractivity contribution in [1.82, 2.24) is 5.32 Å². The van der Waals surface area contributed by atoms with Crippen LogP contribution >= 0.6 is 0 Å². The molecule has 1 heterocycles. The smallest absolute Gasteiger partial charge is 0.220 e. The molecule has 0 aromatic rings. The molecule has 1 aliphatic rings. The van der Waals surface area contributed by atoms with Gasteiger partial charge in [0.1, 0.15) is 24.4 Å². The van der Waals surface area contributed by atoms with Crippen molar-refractivity contribution in [3.8, 4) is 0 Å². The Labute approximate surface area is 518 Å². The van der Waals surface area contributed by atoms with Crippen molar-refractivity contribution in [3.05, 3.63) is 85.1 Å². The predicted molar refractivity (Wildman–Crippen MR) is 359 cm³/mol. The fraction of sp³-hybridized carbons (Fsp3) is 0.800. The molecule has 7 atom stereocenters. The first-order valence-electron chi connectivity index (χ1n) is 35.8. The van der Waals surface area contributed by atoms with Gasteiger partial charge in [0.05, 0.1) is 25.4 Å². The summed E-state index contributed by atoms with van der Waals surface area (Å²) in [6.07, 6.45) is 83.6. The second-order valence-electron chi connectivity index (χ2n) is 24.7. The molecule has 0 bridgehead atoms. The van der Waals surface area contributed by atoms with Crippen LogP contribution < -0.4 is 5.32 Å². The SMILES string of the molecule is CC/C=C\C/C=C\C/C=C\C/C=C\C/C=C\C/C=C\C/C=C\CCCCCCCCCCCCCCCCCC(=O)NC(COC1OC(CO)C(O)C(O)C1O)C(O)CCCCCCCCCCCCCCCCCCCCCCCCCC. The molecule has 0 spiro atoms. The van der Waals surface area contributed by atoms with Crippen molar-refractivity contribution in [2.45, 2.75) is 371 Å². The second-order valence-corrected chi connectivity index (χ2v) is 24.7. The lowest BCUT2D eigenvalue weighted by Crippen LogP contribution is -2.60. The van der Waals surface area contributed by atoms with Crippen molar-refractivity contribution in [3.63, 3.8) is 0 Å². The minimum absolute atomic E-state index is 0.138. The molecule has 0 radical (unpaired) electrons. The number of hydrogen-bond donors (Lipinski definition) is 6. The molecule has 1 aliphatic heterocycles. The average Bonchev–Trinajstić information content (AvgIpc) is 3.70. The van der Waals surface area contributed by atoms with Crippen LogP contribution in [0.25, 0.3) is 0 Å². The van der Waals surface area contributed by atoms with Gasteiger partial charge in [0, 0.05) is 6.42 Å². The number of carbonyl (C=O) groups is 1. The molecule has 1 fully saturated rings. The van der Waals surface area contributed by atoms with E-state index in [9.17, 15) is 30.3 Å². The maximum absolute atomic E-state index is 13.2. The molecule has 0 aromatic heterocycles. The molecule has 1 saturated heterocycles. The first kappa shape index (κ1) is 79.4. The van der Waals surface area contributed by atoms with E-state index in [2.05, 4.69) is 104 Å². The normalized spacial score (nSPS) is 18.7. The number of nitrogens with one attached hydrogen (secondary N) is 1. The van der Waals surface area contributed by atoms with Gasteiger partial charge in [-0.05, 0) is 70.6 Å². The summed E-state index contributed by atoms with van der Waals surface area (Å²) < 4.78 is 11.4. The van der Waals surface area contributed by atoms with Gasteiger partial charge in [-0.3, -0.25) is 4.79 Å². The number of rotatable bonds is 62. The Balaban J connectivity index is 2.10. The molecule has 488 valence electrons. The van der Waals surface area contributed by atoms with Crippen molar-refractivity contribution in [1.29, 1.82) is 0 Å². The maximum Gasteiger partial charge on any atom is 0.220 e. The van der Waals surface area contributed by atoms with Crippen molar-refractivity contribution < 1.29 is 39.8 Å². The van der Waals surface area contributed by atoms with E-state index in [1.165, 1.54) is 218 Å². The van der Waals surface area contributed by atoms with Gasteiger partial charge in [0.15, 0.2) is 6.29 Å². The molecule has 84 heavy (non-hydrogen) atoms.